The number of rotatable bonds is 12. The number of amides is 1. The number of aliphatic carboxylic acids is 1. The molecule has 0 unspecified atom stereocenters. The van der Waals surface area contributed by atoms with Crippen LogP contribution < -0.4 is 15.4 Å². The SMILES string of the molecule is COc1cncc(Cl)c1C(=O)N[C@@H](CCOCCCCc1ccc2c(n1)NCCC2)C(=O)O. The van der Waals surface area contributed by atoms with Crippen molar-refractivity contribution in [3.05, 3.63) is 46.4 Å². The Kier molecular flexibility index (Phi) is 9.26. The molecule has 1 aliphatic rings. The topological polar surface area (TPSA) is 123 Å². The van der Waals surface area contributed by atoms with Gasteiger partial charge in [-0.15, -0.1) is 0 Å². The minimum atomic E-state index is -1.15. The molecule has 0 saturated heterocycles. The van der Waals surface area contributed by atoms with Crippen LogP contribution in [0, 0.1) is 0 Å². The maximum Gasteiger partial charge on any atom is 0.326 e. The van der Waals surface area contributed by atoms with E-state index in [0.29, 0.717) is 6.61 Å². The molecular formula is C23H29ClN4O5. The summed E-state index contributed by atoms with van der Waals surface area (Å²) in [4.78, 5) is 32.6. The Labute approximate surface area is 197 Å². The van der Waals surface area contributed by atoms with Gasteiger partial charge in [0, 0.05) is 38.1 Å². The molecule has 3 N–H and O–H groups in total. The number of nitrogens with zero attached hydrogens (tertiary/aromatic N) is 2. The van der Waals surface area contributed by atoms with Crippen LogP contribution in [-0.2, 0) is 22.4 Å². The van der Waals surface area contributed by atoms with E-state index in [2.05, 4.69) is 32.7 Å². The van der Waals surface area contributed by atoms with Gasteiger partial charge in [-0.3, -0.25) is 9.78 Å². The van der Waals surface area contributed by atoms with E-state index in [1.165, 1.54) is 25.1 Å². The van der Waals surface area contributed by atoms with Gasteiger partial charge in [0.05, 0.1) is 18.3 Å². The van der Waals surface area contributed by atoms with Crippen LogP contribution in [0.4, 0.5) is 5.82 Å². The van der Waals surface area contributed by atoms with E-state index >= 15 is 0 Å². The first-order chi connectivity index (χ1) is 16.0. The highest BCUT2D eigenvalue weighted by molar-refractivity contribution is 6.34. The molecule has 9 nitrogen and oxygen atoms in total. The van der Waals surface area contributed by atoms with Crippen LogP contribution in [-0.4, -0.2) is 59.9 Å². The number of halogens is 1. The summed E-state index contributed by atoms with van der Waals surface area (Å²) in [7, 11) is 1.38. The second-order valence-corrected chi connectivity index (χ2v) is 8.17. The predicted molar refractivity (Wildman–Crippen MR) is 124 cm³/mol. The van der Waals surface area contributed by atoms with Gasteiger partial charge in [0.25, 0.3) is 5.91 Å². The molecule has 3 heterocycles. The minimum Gasteiger partial charge on any atom is -0.494 e. The van der Waals surface area contributed by atoms with Crippen molar-refractivity contribution in [1.29, 1.82) is 0 Å². The zero-order valence-electron chi connectivity index (χ0n) is 18.6. The highest BCUT2D eigenvalue weighted by atomic mass is 35.5. The smallest absolute Gasteiger partial charge is 0.326 e. The van der Waals surface area contributed by atoms with E-state index in [4.69, 9.17) is 21.1 Å². The number of carbonyl (C=O) groups is 2. The number of nitrogens with one attached hydrogen (secondary N) is 2. The maximum atomic E-state index is 12.5. The van der Waals surface area contributed by atoms with E-state index in [1.54, 1.807) is 0 Å². The predicted octanol–water partition coefficient (Wildman–Crippen LogP) is 3.11. The van der Waals surface area contributed by atoms with Gasteiger partial charge in [0.1, 0.15) is 17.4 Å². The van der Waals surface area contributed by atoms with E-state index in [0.717, 1.165) is 50.2 Å². The van der Waals surface area contributed by atoms with Gasteiger partial charge in [-0.1, -0.05) is 17.7 Å². The minimum absolute atomic E-state index is 0.0484. The molecule has 2 aromatic heterocycles. The van der Waals surface area contributed by atoms with Crippen molar-refractivity contribution in [2.24, 2.45) is 0 Å². The summed E-state index contributed by atoms with van der Waals surface area (Å²) in [6.45, 7) is 1.69. The Morgan fingerprint density at radius 1 is 1.27 bits per heavy atom. The number of unbranched alkanes of at least 4 members (excludes halogenated alkanes) is 1. The van der Waals surface area contributed by atoms with E-state index in [1.807, 2.05) is 0 Å². The van der Waals surface area contributed by atoms with Crippen LogP contribution in [0.15, 0.2) is 24.5 Å². The van der Waals surface area contributed by atoms with Crippen LogP contribution in [0.3, 0.4) is 0 Å². The van der Waals surface area contributed by atoms with Gasteiger partial charge in [-0.05, 0) is 43.7 Å². The molecule has 0 saturated carbocycles. The third-order valence-electron chi connectivity index (χ3n) is 5.39. The van der Waals surface area contributed by atoms with Crippen molar-refractivity contribution in [3.63, 3.8) is 0 Å². The fraction of sp³-hybridized carbons (Fsp3) is 0.478. The number of hydrogen-bond donors (Lipinski definition) is 3. The van der Waals surface area contributed by atoms with Crippen LogP contribution >= 0.6 is 11.6 Å². The summed E-state index contributed by atoms with van der Waals surface area (Å²) in [6.07, 6.45) is 7.61. The second-order valence-electron chi connectivity index (χ2n) is 7.76. The van der Waals surface area contributed by atoms with E-state index in [9.17, 15) is 14.7 Å². The highest BCUT2D eigenvalue weighted by Crippen LogP contribution is 2.25. The molecule has 3 rings (SSSR count). The summed E-state index contributed by atoms with van der Waals surface area (Å²) in [6, 6.07) is 3.12. The zero-order chi connectivity index (χ0) is 23.6. The van der Waals surface area contributed by atoms with Crippen LogP contribution in [0.2, 0.25) is 5.02 Å². The molecule has 0 spiro atoms. The van der Waals surface area contributed by atoms with Crippen molar-refractivity contribution >= 4 is 29.3 Å². The van der Waals surface area contributed by atoms with Gasteiger partial charge >= 0.3 is 5.97 Å². The van der Waals surface area contributed by atoms with Crippen molar-refractivity contribution in [3.8, 4) is 5.75 Å². The van der Waals surface area contributed by atoms with Crippen LogP contribution in [0.25, 0.3) is 0 Å². The third-order valence-corrected chi connectivity index (χ3v) is 5.68. The summed E-state index contributed by atoms with van der Waals surface area (Å²) >= 11 is 6.04. The lowest BCUT2D eigenvalue weighted by Crippen LogP contribution is -2.41. The molecular weight excluding hydrogens is 448 g/mol. The fourth-order valence-corrected chi connectivity index (χ4v) is 3.84. The van der Waals surface area contributed by atoms with Crippen molar-refractivity contribution in [1.82, 2.24) is 15.3 Å². The lowest BCUT2D eigenvalue weighted by Gasteiger charge is -2.17. The van der Waals surface area contributed by atoms with Crippen molar-refractivity contribution in [2.45, 2.75) is 44.6 Å². The average Bonchev–Trinajstić information content (AvgIpc) is 2.82. The third kappa shape index (κ3) is 7.03. The lowest BCUT2D eigenvalue weighted by molar-refractivity contribution is -0.139. The average molecular weight is 477 g/mol. The summed E-state index contributed by atoms with van der Waals surface area (Å²) in [5.41, 5.74) is 2.38. The fourth-order valence-electron chi connectivity index (χ4n) is 3.60. The van der Waals surface area contributed by atoms with Gasteiger partial charge in [0.2, 0.25) is 0 Å². The Bertz CT molecular complexity index is 972. The Morgan fingerprint density at radius 3 is 2.91 bits per heavy atom. The van der Waals surface area contributed by atoms with Crippen molar-refractivity contribution in [2.75, 3.05) is 32.2 Å². The molecule has 0 bridgehead atoms. The Balaban J connectivity index is 1.38. The number of methoxy groups -OCH3 is 1. The largest absolute Gasteiger partial charge is 0.494 e. The Morgan fingerprint density at radius 2 is 2.12 bits per heavy atom. The molecule has 178 valence electrons. The van der Waals surface area contributed by atoms with Gasteiger partial charge in [-0.2, -0.15) is 0 Å². The highest BCUT2D eigenvalue weighted by Gasteiger charge is 2.24. The Hall–Kier alpha value is -2.91. The first-order valence-corrected chi connectivity index (χ1v) is 11.4. The van der Waals surface area contributed by atoms with Crippen LogP contribution in [0.5, 0.6) is 5.75 Å². The molecule has 0 fully saturated rings. The molecule has 1 amide bonds. The number of carboxylic acids is 1. The molecule has 1 atom stereocenters. The number of carbonyl (C=O) groups excluding carboxylic acids is 1. The standard InChI is InChI=1S/C23H29ClN4O5/c1-32-19-14-25-13-17(24)20(19)22(29)28-18(23(30)31)9-12-33-11-3-2-6-16-8-7-15-5-4-10-26-21(15)27-16/h7-8,13-14,18H,2-6,9-12H2,1H3,(H,26,27)(H,28,29)(H,30,31)/t18-/m0/s1. The second kappa shape index (κ2) is 12.4. The lowest BCUT2D eigenvalue weighted by atomic mass is 10.1. The number of aryl methyl sites for hydroxylation is 2. The van der Waals surface area contributed by atoms with Crippen LogP contribution in [0.1, 0.15) is 47.3 Å². The number of hydrogen-bond acceptors (Lipinski definition) is 7. The number of aromatic nitrogens is 2. The summed E-state index contributed by atoms with van der Waals surface area (Å²) in [5, 5.41) is 15.4. The first kappa shape index (κ1) is 24.7. The quantitative estimate of drug-likeness (QED) is 0.399. The molecule has 0 radical (unpaired) electrons. The van der Waals surface area contributed by atoms with E-state index in [-0.39, 0.29) is 29.4 Å². The first-order valence-electron chi connectivity index (χ1n) is 11.0. The monoisotopic (exact) mass is 476 g/mol. The molecule has 2 aromatic rings. The van der Waals surface area contributed by atoms with Gasteiger partial charge < -0.3 is 25.2 Å². The summed E-state index contributed by atoms with van der Waals surface area (Å²) < 4.78 is 10.7. The van der Waals surface area contributed by atoms with Gasteiger partial charge in [0.15, 0.2) is 5.75 Å². The van der Waals surface area contributed by atoms with E-state index < -0.39 is 17.9 Å². The number of pyridine rings is 2. The zero-order valence-corrected chi connectivity index (χ0v) is 19.4. The number of carboxylic acid groups (broad SMARTS) is 1. The maximum absolute atomic E-state index is 12.5. The molecule has 33 heavy (non-hydrogen) atoms. The number of ether oxygens (including phenoxy) is 2. The molecule has 0 aromatic carbocycles. The molecule has 1 aliphatic heterocycles. The van der Waals surface area contributed by atoms with Crippen molar-refractivity contribution < 1.29 is 24.2 Å². The molecule has 10 heteroatoms. The molecule has 0 aliphatic carbocycles. The van der Waals surface area contributed by atoms with Gasteiger partial charge in [-0.25, -0.2) is 9.78 Å². The summed E-state index contributed by atoms with van der Waals surface area (Å²) in [5.74, 6) is -0.617. The normalized spacial score (nSPS) is 13.5. The number of anilines is 1. The number of fused-ring (bicyclic) bond motifs is 1.